The summed E-state index contributed by atoms with van der Waals surface area (Å²) in [4.78, 5) is 0. The minimum atomic E-state index is -0.860. The smallest absolute Gasteiger partial charge is 0.0835 e. The minimum Gasteiger partial charge on any atom is -0.390 e. The number of allylic oxidation sites excluding steroid dienone is 47. The highest BCUT2D eigenvalue weighted by atomic mass is 16.3. The first-order valence-electron chi connectivity index (χ1n) is 30.1. The van der Waals surface area contributed by atoms with Crippen molar-refractivity contribution in [1.82, 2.24) is 0 Å². The van der Waals surface area contributed by atoms with Crippen molar-refractivity contribution in [2.45, 2.75) is 201 Å². The van der Waals surface area contributed by atoms with Gasteiger partial charge in [-0.1, -0.05) is 286 Å². The topological polar surface area (TPSA) is 40.5 Å². The molecule has 0 amide bonds. The lowest BCUT2D eigenvalue weighted by molar-refractivity contribution is 0.0304. The summed E-state index contributed by atoms with van der Waals surface area (Å²) in [6.07, 6.45) is 80.9. The summed E-state index contributed by atoms with van der Waals surface area (Å²) < 4.78 is 0. The SMILES string of the molecule is CC(C)=CCC/C(C)=C/C=C/C(C)=C/C=C/C(C)=C/C=C/C=C(C)/C=C/C=C(C)/C=C/C=C(\C)CCC=C(C)C.CC(C)=CCCC(C)/C=C/C=C(C)/C=C/C=C(C)/C=C/C=C/C(C)=C/C=C/C(C)=C/C=C1\C(C(C)(C)O)CCC1(C)O. The molecule has 1 saturated carbocycles. The van der Waals surface area contributed by atoms with Crippen molar-refractivity contribution in [3.8, 4) is 0 Å². The molecular formula is C80H114O2. The van der Waals surface area contributed by atoms with E-state index in [0.29, 0.717) is 12.3 Å². The maximum Gasteiger partial charge on any atom is 0.0835 e. The zero-order valence-corrected chi connectivity index (χ0v) is 55.3. The number of rotatable bonds is 30. The summed E-state index contributed by atoms with van der Waals surface area (Å²) in [7, 11) is 0. The normalized spacial score (nSPS) is 19.4. The molecular weight excluding hydrogens is 993 g/mol. The second-order valence-corrected chi connectivity index (χ2v) is 24.1. The molecule has 0 heterocycles. The van der Waals surface area contributed by atoms with Crippen molar-refractivity contribution in [3.05, 3.63) is 285 Å². The van der Waals surface area contributed by atoms with E-state index in [1.807, 2.05) is 45.9 Å². The van der Waals surface area contributed by atoms with Gasteiger partial charge in [-0.25, -0.2) is 0 Å². The van der Waals surface area contributed by atoms with Crippen molar-refractivity contribution in [2.24, 2.45) is 11.8 Å². The van der Waals surface area contributed by atoms with Crippen LogP contribution in [0.25, 0.3) is 0 Å². The van der Waals surface area contributed by atoms with Crippen molar-refractivity contribution in [3.63, 3.8) is 0 Å². The third-order valence-corrected chi connectivity index (χ3v) is 13.5. The van der Waals surface area contributed by atoms with E-state index in [1.165, 1.54) is 67.7 Å². The van der Waals surface area contributed by atoms with Crippen molar-refractivity contribution < 1.29 is 10.2 Å². The summed E-state index contributed by atoms with van der Waals surface area (Å²) in [5.41, 5.74) is 15.8. The van der Waals surface area contributed by atoms with Crippen LogP contribution < -0.4 is 0 Å². The Balaban J connectivity index is 0.00000160. The molecule has 1 fully saturated rings. The number of hydrogen-bond donors (Lipinski definition) is 2. The first-order chi connectivity index (χ1) is 38.6. The Morgan fingerprint density at radius 1 is 0.439 bits per heavy atom. The van der Waals surface area contributed by atoms with E-state index in [9.17, 15) is 10.2 Å². The third kappa shape index (κ3) is 43.4. The number of aliphatic hydroxyl groups is 2. The third-order valence-electron chi connectivity index (χ3n) is 13.5. The largest absolute Gasteiger partial charge is 0.390 e. The second kappa shape index (κ2) is 44.3. The highest BCUT2D eigenvalue weighted by molar-refractivity contribution is 5.37. The van der Waals surface area contributed by atoms with E-state index >= 15 is 0 Å². The Kier molecular flexibility index (Phi) is 40.9. The second-order valence-electron chi connectivity index (χ2n) is 24.1. The van der Waals surface area contributed by atoms with Gasteiger partial charge < -0.3 is 10.2 Å². The van der Waals surface area contributed by atoms with Crippen LogP contribution >= 0.6 is 0 Å². The van der Waals surface area contributed by atoms with Crippen LogP contribution in [0.5, 0.6) is 0 Å². The standard InChI is InChI=1S/C40H58O2.C40H56/c1-31(2)17-13-20-34(5)23-15-25-35(6)24-14-21-32(3)18-11-12-19-33(4)22-16-26-36(7)27-28-38-37(39(8,9)41)29-30-40(38,10)42;1-33(2)19-13-23-37(7)27-17-31-39(9)29-15-25-35(5)21-11-12-22-36(6)26-16-30-40(10)32-18-28-38(8)24-14-20-34(3)4/h11-12,14-19,21-28,34,37,41-42H,13,20,29-30H2,1-10H3;11-12,15-22,25-32H,13-14,23-24H2,1-10H3/b18-11+,19-12+,23-15+,24-14+,26-16+,32-21+,33-22+,35-25+,36-27+,38-28+;12-11+,25-15+,26-16+,31-17+,32-18+,35-21+,36-22+,37-27+,38-28+,39-29+,40-30+. The molecule has 0 bridgehead atoms. The summed E-state index contributed by atoms with van der Waals surface area (Å²) in [5, 5.41) is 21.3. The van der Waals surface area contributed by atoms with Gasteiger partial charge in [0, 0.05) is 5.92 Å². The molecule has 0 saturated heterocycles. The van der Waals surface area contributed by atoms with E-state index < -0.39 is 11.2 Å². The molecule has 1 rings (SSSR count). The molecule has 446 valence electrons. The van der Waals surface area contributed by atoms with Crippen LogP contribution in [0.15, 0.2) is 285 Å². The molecule has 1 aliphatic carbocycles. The molecule has 1 aliphatic rings. The summed E-state index contributed by atoms with van der Waals surface area (Å²) in [6, 6.07) is 0. The van der Waals surface area contributed by atoms with E-state index in [2.05, 4.69) is 299 Å². The quantitative estimate of drug-likeness (QED) is 0.0556. The van der Waals surface area contributed by atoms with Gasteiger partial charge in [0.05, 0.1) is 11.2 Å². The van der Waals surface area contributed by atoms with Crippen LogP contribution in [-0.2, 0) is 0 Å². The predicted octanol–water partition coefficient (Wildman–Crippen LogP) is 23.7. The molecule has 2 heteroatoms. The van der Waals surface area contributed by atoms with E-state index in [1.54, 1.807) is 0 Å². The van der Waals surface area contributed by atoms with Gasteiger partial charge in [-0.2, -0.15) is 0 Å². The minimum absolute atomic E-state index is 0.0275. The molecule has 0 spiro atoms. The van der Waals surface area contributed by atoms with Crippen LogP contribution in [0.1, 0.15) is 190 Å². The highest BCUT2D eigenvalue weighted by Crippen LogP contribution is 2.45. The molecule has 0 radical (unpaired) electrons. The lowest BCUT2D eigenvalue weighted by atomic mass is 9.83. The Morgan fingerprint density at radius 2 is 0.744 bits per heavy atom. The molecule has 0 aromatic rings. The zero-order valence-electron chi connectivity index (χ0n) is 55.3. The van der Waals surface area contributed by atoms with Gasteiger partial charge in [-0.3, -0.25) is 0 Å². The van der Waals surface area contributed by atoms with Gasteiger partial charge in [0.15, 0.2) is 0 Å². The van der Waals surface area contributed by atoms with Crippen LogP contribution in [0.3, 0.4) is 0 Å². The maximum absolute atomic E-state index is 10.8. The van der Waals surface area contributed by atoms with Gasteiger partial charge in [-0.05, 0) is 194 Å². The Hall–Kier alpha value is -6.32. The molecule has 0 aliphatic heterocycles. The first-order valence-corrected chi connectivity index (χ1v) is 30.1. The van der Waals surface area contributed by atoms with Gasteiger partial charge in [-0.15, -0.1) is 0 Å². The summed E-state index contributed by atoms with van der Waals surface area (Å²) >= 11 is 0. The van der Waals surface area contributed by atoms with Crippen LogP contribution in [0, 0.1) is 11.8 Å². The fraction of sp³-hybridized carbons (Fsp3) is 0.400. The fourth-order valence-electron chi connectivity index (χ4n) is 8.23. The maximum atomic E-state index is 10.8. The van der Waals surface area contributed by atoms with Gasteiger partial charge in [0.2, 0.25) is 0 Å². The van der Waals surface area contributed by atoms with Gasteiger partial charge in [0.25, 0.3) is 0 Å². The number of hydrogen-bond acceptors (Lipinski definition) is 2. The molecule has 0 aromatic heterocycles. The first kappa shape index (κ1) is 75.7. The summed E-state index contributed by atoms with van der Waals surface area (Å²) in [6.45, 7) is 41.9. The molecule has 2 N–H and O–H groups in total. The van der Waals surface area contributed by atoms with Crippen molar-refractivity contribution in [2.75, 3.05) is 0 Å². The monoisotopic (exact) mass is 1110 g/mol. The Bertz CT molecular complexity index is 2610. The summed E-state index contributed by atoms with van der Waals surface area (Å²) in [5.74, 6) is 0.558. The van der Waals surface area contributed by atoms with Gasteiger partial charge >= 0.3 is 0 Å². The Labute approximate surface area is 505 Å². The van der Waals surface area contributed by atoms with Crippen LogP contribution in [0.4, 0.5) is 0 Å². The molecule has 82 heavy (non-hydrogen) atoms. The van der Waals surface area contributed by atoms with E-state index in [-0.39, 0.29) is 5.92 Å². The van der Waals surface area contributed by atoms with Crippen molar-refractivity contribution >= 4 is 0 Å². The highest BCUT2D eigenvalue weighted by Gasteiger charge is 2.44. The average molecular weight is 1110 g/mol. The molecule has 2 nitrogen and oxygen atoms in total. The zero-order chi connectivity index (χ0) is 61.9. The van der Waals surface area contributed by atoms with Crippen LogP contribution in [-0.4, -0.2) is 21.4 Å². The van der Waals surface area contributed by atoms with Gasteiger partial charge in [0.1, 0.15) is 0 Å². The van der Waals surface area contributed by atoms with E-state index in [0.717, 1.165) is 55.2 Å². The lowest BCUT2D eigenvalue weighted by Gasteiger charge is -2.29. The molecule has 3 unspecified atom stereocenters. The Morgan fingerprint density at radius 3 is 1.10 bits per heavy atom. The average Bonchev–Trinajstić information content (AvgIpc) is 3.98. The van der Waals surface area contributed by atoms with Crippen molar-refractivity contribution in [1.29, 1.82) is 0 Å². The predicted molar refractivity (Wildman–Crippen MR) is 372 cm³/mol. The van der Waals surface area contributed by atoms with E-state index in [4.69, 9.17) is 0 Å². The fourth-order valence-corrected chi connectivity index (χ4v) is 8.23. The van der Waals surface area contributed by atoms with Crippen LogP contribution in [0.2, 0.25) is 0 Å². The molecule has 0 aromatic carbocycles. The molecule has 3 atom stereocenters. The lowest BCUT2D eigenvalue weighted by Crippen LogP contribution is -2.33.